The smallest absolute Gasteiger partial charge is 0.0410 e. The summed E-state index contributed by atoms with van der Waals surface area (Å²) in [6.07, 6.45) is 2.44. The molecule has 0 aliphatic carbocycles. The first kappa shape index (κ1) is 15.3. The average molecular weight is 269 g/mol. The predicted octanol–water partition coefficient (Wildman–Crippen LogP) is 4.07. The van der Waals surface area contributed by atoms with Crippen LogP contribution in [0.4, 0.5) is 5.69 Å². The minimum Gasteiger partial charge on any atom is -0.374 e. The quantitative estimate of drug-likeness (QED) is 0.802. The zero-order chi connectivity index (χ0) is 13.5. The van der Waals surface area contributed by atoms with Crippen LogP contribution in [0.2, 0.25) is 5.02 Å². The second-order valence-electron chi connectivity index (χ2n) is 5.08. The van der Waals surface area contributed by atoms with Crippen molar-refractivity contribution in [1.29, 1.82) is 0 Å². The predicted molar refractivity (Wildman–Crippen MR) is 81.6 cm³/mol. The third-order valence-electron chi connectivity index (χ3n) is 3.00. The number of unbranched alkanes of at least 4 members (excludes halogenated alkanes) is 1. The Balaban J connectivity index is 2.81. The van der Waals surface area contributed by atoms with Crippen molar-refractivity contribution >= 4 is 17.3 Å². The average Bonchev–Trinajstić information content (AvgIpc) is 2.33. The van der Waals surface area contributed by atoms with Crippen LogP contribution in [0.3, 0.4) is 0 Å². The molecule has 1 aromatic carbocycles. The minimum atomic E-state index is 0.484. The van der Waals surface area contributed by atoms with E-state index in [1.54, 1.807) is 0 Å². The van der Waals surface area contributed by atoms with Gasteiger partial charge in [-0.05, 0) is 30.2 Å². The van der Waals surface area contributed by atoms with Crippen molar-refractivity contribution in [3.63, 3.8) is 0 Å². The van der Waals surface area contributed by atoms with Gasteiger partial charge in [-0.15, -0.1) is 0 Å². The van der Waals surface area contributed by atoms with Crippen LogP contribution < -0.4 is 10.2 Å². The maximum absolute atomic E-state index is 6.09. The molecule has 0 radical (unpaired) electrons. The van der Waals surface area contributed by atoms with Gasteiger partial charge in [0.05, 0.1) is 0 Å². The Morgan fingerprint density at radius 2 is 2.06 bits per heavy atom. The van der Waals surface area contributed by atoms with Crippen LogP contribution in [-0.4, -0.2) is 19.6 Å². The molecule has 1 rings (SSSR count). The van der Waals surface area contributed by atoms with E-state index in [0.29, 0.717) is 6.04 Å². The molecule has 0 bridgehead atoms. The molecular weight excluding hydrogens is 244 g/mol. The molecule has 0 aliphatic heterocycles. The molecule has 0 saturated heterocycles. The number of hydrogen-bond donors (Lipinski definition) is 1. The summed E-state index contributed by atoms with van der Waals surface area (Å²) in [4.78, 5) is 2.32. The lowest BCUT2D eigenvalue weighted by molar-refractivity contribution is 0.588. The van der Waals surface area contributed by atoms with Gasteiger partial charge in [0.15, 0.2) is 0 Å². The summed E-state index contributed by atoms with van der Waals surface area (Å²) < 4.78 is 0. The van der Waals surface area contributed by atoms with E-state index in [1.165, 1.54) is 24.1 Å². The van der Waals surface area contributed by atoms with Gasteiger partial charge in [0.25, 0.3) is 0 Å². The number of nitrogens with zero attached hydrogens (tertiary/aromatic N) is 1. The molecular formula is C15H25ClN2. The third-order valence-corrected chi connectivity index (χ3v) is 3.24. The summed E-state index contributed by atoms with van der Waals surface area (Å²) in [5.74, 6) is 0. The van der Waals surface area contributed by atoms with E-state index < -0.39 is 0 Å². The van der Waals surface area contributed by atoms with Crippen molar-refractivity contribution in [2.75, 3.05) is 18.5 Å². The number of benzene rings is 1. The van der Waals surface area contributed by atoms with Gasteiger partial charge in [-0.3, -0.25) is 0 Å². The Bertz CT molecular complexity index is 364. The van der Waals surface area contributed by atoms with Gasteiger partial charge in [-0.2, -0.15) is 0 Å². The molecule has 0 atom stereocenters. The molecule has 0 fully saturated rings. The number of anilines is 1. The van der Waals surface area contributed by atoms with Crippen molar-refractivity contribution in [1.82, 2.24) is 5.32 Å². The number of nitrogens with one attached hydrogen (secondary N) is 1. The van der Waals surface area contributed by atoms with E-state index >= 15 is 0 Å². The van der Waals surface area contributed by atoms with E-state index in [4.69, 9.17) is 11.6 Å². The molecule has 1 aromatic rings. The molecule has 2 nitrogen and oxygen atoms in total. The maximum atomic E-state index is 6.09. The van der Waals surface area contributed by atoms with E-state index in [9.17, 15) is 0 Å². The Morgan fingerprint density at radius 3 is 2.67 bits per heavy atom. The zero-order valence-electron chi connectivity index (χ0n) is 12.0. The van der Waals surface area contributed by atoms with Gasteiger partial charge in [-0.25, -0.2) is 0 Å². The van der Waals surface area contributed by atoms with Crippen LogP contribution >= 0.6 is 11.6 Å². The third kappa shape index (κ3) is 4.87. The molecule has 0 amide bonds. The van der Waals surface area contributed by atoms with Gasteiger partial charge in [0.1, 0.15) is 0 Å². The van der Waals surface area contributed by atoms with Gasteiger partial charge in [0, 0.05) is 36.9 Å². The molecule has 102 valence electrons. The Hall–Kier alpha value is -0.730. The van der Waals surface area contributed by atoms with Crippen LogP contribution in [0.5, 0.6) is 0 Å². The van der Waals surface area contributed by atoms with Crippen LogP contribution in [0.25, 0.3) is 0 Å². The SMILES string of the molecule is CCCCN(C)c1ccc(Cl)cc1CNC(C)C. The largest absolute Gasteiger partial charge is 0.374 e. The van der Waals surface area contributed by atoms with Gasteiger partial charge < -0.3 is 10.2 Å². The normalized spacial score (nSPS) is 11.0. The zero-order valence-corrected chi connectivity index (χ0v) is 12.7. The monoisotopic (exact) mass is 268 g/mol. The first-order valence-corrected chi connectivity index (χ1v) is 7.15. The lowest BCUT2D eigenvalue weighted by Crippen LogP contribution is -2.25. The van der Waals surface area contributed by atoms with Crippen molar-refractivity contribution in [2.24, 2.45) is 0 Å². The highest BCUT2D eigenvalue weighted by atomic mass is 35.5. The molecule has 1 N–H and O–H groups in total. The Kier molecular flexibility index (Phi) is 6.51. The molecule has 0 spiro atoms. The molecule has 0 heterocycles. The van der Waals surface area contributed by atoms with E-state index in [1.807, 2.05) is 6.07 Å². The van der Waals surface area contributed by atoms with E-state index in [-0.39, 0.29) is 0 Å². The minimum absolute atomic E-state index is 0.484. The van der Waals surface area contributed by atoms with Crippen LogP contribution in [-0.2, 0) is 6.54 Å². The summed E-state index contributed by atoms with van der Waals surface area (Å²) in [5, 5.41) is 4.26. The number of rotatable bonds is 7. The summed E-state index contributed by atoms with van der Waals surface area (Å²) in [7, 11) is 2.15. The van der Waals surface area contributed by atoms with Crippen molar-refractivity contribution in [3.8, 4) is 0 Å². The molecule has 0 aromatic heterocycles. The second-order valence-corrected chi connectivity index (χ2v) is 5.52. The van der Waals surface area contributed by atoms with E-state index in [0.717, 1.165) is 18.1 Å². The highest BCUT2D eigenvalue weighted by Gasteiger charge is 2.08. The highest BCUT2D eigenvalue weighted by Crippen LogP contribution is 2.24. The molecule has 0 saturated carbocycles. The fourth-order valence-electron chi connectivity index (χ4n) is 1.90. The molecule has 0 unspecified atom stereocenters. The highest BCUT2D eigenvalue weighted by molar-refractivity contribution is 6.30. The molecule has 0 aliphatic rings. The summed E-state index contributed by atoms with van der Waals surface area (Å²) in [6, 6.07) is 6.64. The maximum Gasteiger partial charge on any atom is 0.0410 e. The van der Waals surface area contributed by atoms with E-state index in [2.05, 4.69) is 50.2 Å². The lowest BCUT2D eigenvalue weighted by atomic mass is 10.1. The summed E-state index contributed by atoms with van der Waals surface area (Å²) >= 11 is 6.09. The first-order valence-electron chi connectivity index (χ1n) is 6.77. The topological polar surface area (TPSA) is 15.3 Å². The summed E-state index contributed by atoms with van der Waals surface area (Å²) in [5.41, 5.74) is 2.55. The summed E-state index contributed by atoms with van der Waals surface area (Å²) in [6.45, 7) is 8.49. The molecule has 3 heteroatoms. The van der Waals surface area contributed by atoms with Gasteiger partial charge >= 0.3 is 0 Å². The Morgan fingerprint density at radius 1 is 1.33 bits per heavy atom. The number of halogens is 1. The number of hydrogen-bond acceptors (Lipinski definition) is 2. The van der Waals surface area contributed by atoms with Crippen molar-refractivity contribution in [2.45, 2.75) is 46.2 Å². The van der Waals surface area contributed by atoms with Crippen LogP contribution in [0.15, 0.2) is 18.2 Å². The lowest BCUT2D eigenvalue weighted by Gasteiger charge is -2.23. The Labute approximate surface area is 116 Å². The van der Waals surface area contributed by atoms with Gasteiger partial charge in [0.2, 0.25) is 0 Å². The second kappa shape index (κ2) is 7.65. The van der Waals surface area contributed by atoms with Crippen LogP contribution in [0.1, 0.15) is 39.2 Å². The molecule has 18 heavy (non-hydrogen) atoms. The van der Waals surface area contributed by atoms with Crippen molar-refractivity contribution < 1.29 is 0 Å². The van der Waals surface area contributed by atoms with Crippen LogP contribution in [0, 0.1) is 0 Å². The van der Waals surface area contributed by atoms with Gasteiger partial charge in [-0.1, -0.05) is 38.8 Å². The van der Waals surface area contributed by atoms with Crippen molar-refractivity contribution in [3.05, 3.63) is 28.8 Å². The first-order chi connectivity index (χ1) is 8.54. The standard InChI is InChI=1S/C15H25ClN2/c1-5-6-9-18(4)15-8-7-14(16)10-13(15)11-17-12(2)3/h7-8,10,12,17H,5-6,9,11H2,1-4H3. The fraction of sp³-hybridized carbons (Fsp3) is 0.600. The fourth-order valence-corrected chi connectivity index (χ4v) is 2.09.